The van der Waals surface area contributed by atoms with Gasteiger partial charge in [-0.05, 0) is 42.9 Å². The zero-order valence-electron chi connectivity index (χ0n) is 15.6. The van der Waals surface area contributed by atoms with Crippen molar-refractivity contribution < 1.29 is 45.7 Å². The first kappa shape index (κ1) is 24.9. The molecule has 0 aliphatic heterocycles. The monoisotopic (exact) mass is 431 g/mol. The van der Waals surface area contributed by atoms with Gasteiger partial charge in [-0.15, -0.1) is 26.3 Å². The van der Waals surface area contributed by atoms with Crippen LogP contribution in [0.1, 0.15) is 38.2 Å². The SMILES string of the molecule is CCC(CCCc1ccc(OC(F)(F)F)c(OC(F)(F)F)c1)CC(CN)C(=O)O. The minimum absolute atomic E-state index is 0.00461. The van der Waals surface area contributed by atoms with Gasteiger partial charge in [-0.3, -0.25) is 4.79 Å². The second-order valence-corrected chi connectivity index (χ2v) is 6.55. The fraction of sp³-hybridized carbons (Fsp3) is 0.611. The number of benzene rings is 1. The molecule has 0 bridgehead atoms. The Balaban J connectivity index is 2.80. The summed E-state index contributed by atoms with van der Waals surface area (Å²) in [4.78, 5) is 11.1. The van der Waals surface area contributed by atoms with E-state index >= 15 is 0 Å². The molecule has 0 radical (unpaired) electrons. The van der Waals surface area contributed by atoms with E-state index in [1.165, 1.54) is 6.07 Å². The van der Waals surface area contributed by atoms with E-state index in [2.05, 4.69) is 9.47 Å². The molecule has 2 unspecified atom stereocenters. The van der Waals surface area contributed by atoms with Crippen LogP contribution >= 0.6 is 0 Å². The summed E-state index contributed by atoms with van der Waals surface area (Å²) in [6.07, 6.45) is -7.89. The van der Waals surface area contributed by atoms with Crippen molar-refractivity contribution in [1.29, 1.82) is 0 Å². The molecule has 0 heterocycles. The number of alkyl halides is 6. The second kappa shape index (κ2) is 10.6. The Morgan fingerprint density at radius 3 is 2.17 bits per heavy atom. The molecule has 0 fully saturated rings. The Morgan fingerprint density at radius 2 is 1.69 bits per heavy atom. The van der Waals surface area contributed by atoms with Crippen LogP contribution in [0.2, 0.25) is 0 Å². The number of carboxylic acid groups (broad SMARTS) is 1. The Bertz CT molecular complexity index is 663. The van der Waals surface area contributed by atoms with Gasteiger partial charge in [-0.1, -0.05) is 25.8 Å². The first-order valence-corrected chi connectivity index (χ1v) is 8.91. The summed E-state index contributed by atoms with van der Waals surface area (Å²) in [5, 5.41) is 9.07. The lowest BCUT2D eigenvalue weighted by atomic mass is 9.88. The predicted molar refractivity (Wildman–Crippen MR) is 91.3 cm³/mol. The number of ether oxygens (including phenoxy) is 2. The highest BCUT2D eigenvalue weighted by molar-refractivity contribution is 5.70. The van der Waals surface area contributed by atoms with Crippen molar-refractivity contribution >= 4 is 5.97 Å². The Kier molecular flexibility index (Phi) is 9.06. The van der Waals surface area contributed by atoms with Crippen LogP contribution in [0.5, 0.6) is 11.5 Å². The van der Waals surface area contributed by atoms with Gasteiger partial charge in [-0.2, -0.15) is 0 Å². The third-order valence-electron chi connectivity index (χ3n) is 4.37. The molecule has 1 aromatic rings. The lowest BCUT2D eigenvalue weighted by Crippen LogP contribution is -2.25. The molecule has 5 nitrogen and oxygen atoms in total. The van der Waals surface area contributed by atoms with Gasteiger partial charge in [0.05, 0.1) is 5.92 Å². The lowest BCUT2D eigenvalue weighted by Gasteiger charge is -2.19. The predicted octanol–water partition coefficient (Wildman–Crippen LogP) is 4.88. The average molecular weight is 431 g/mol. The molecule has 29 heavy (non-hydrogen) atoms. The summed E-state index contributed by atoms with van der Waals surface area (Å²) < 4.78 is 81.8. The number of aryl methyl sites for hydroxylation is 1. The standard InChI is InChI=1S/C18H23F6NO4/c1-2-11(8-13(10-25)16(26)27)4-3-5-12-6-7-14(28-17(19,20)21)15(9-12)29-18(22,23)24/h6-7,9,11,13H,2-5,8,10,25H2,1H3,(H,26,27). The molecule has 166 valence electrons. The molecule has 1 rings (SSSR count). The molecule has 1 aromatic carbocycles. The third kappa shape index (κ3) is 9.73. The number of carboxylic acids is 1. The number of halogens is 6. The normalized spacial score (nSPS) is 14.3. The third-order valence-corrected chi connectivity index (χ3v) is 4.37. The molecule has 0 aromatic heterocycles. The van der Waals surface area contributed by atoms with E-state index in [4.69, 9.17) is 10.8 Å². The van der Waals surface area contributed by atoms with Gasteiger partial charge >= 0.3 is 18.7 Å². The molecule has 0 aliphatic carbocycles. The van der Waals surface area contributed by atoms with Crippen molar-refractivity contribution in [2.24, 2.45) is 17.6 Å². The van der Waals surface area contributed by atoms with Crippen molar-refractivity contribution in [3.05, 3.63) is 23.8 Å². The van der Waals surface area contributed by atoms with Crippen molar-refractivity contribution in [2.45, 2.75) is 51.8 Å². The number of rotatable bonds is 11. The number of aliphatic carboxylic acids is 1. The smallest absolute Gasteiger partial charge is 0.481 e. The van der Waals surface area contributed by atoms with E-state index < -0.39 is 36.1 Å². The van der Waals surface area contributed by atoms with Crippen LogP contribution in [-0.2, 0) is 11.2 Å². The molecule has 0 aliphatic rings. The Hall–Kier alpha value is -2.17. The van der Waals surface area contributed by atoms with Crippen molar-refractivity contribution in [3.8, 4) is 11.5 Å². The van der Waals surface area contributed by atoms with E-state index in [-0.39, 0.29) is 18.9 Å². The van der Waals surface area contributed by atoms with Crippen molar-refractivity contribution in [2.75, 3.05) is 6.54 Å². The zero-order chi connectivity index (χ0) is 22.2. The van der Waals surface area contributed by atoms with Crippen LogP contribution in [-0.4, -0.2) is 30.3 Å². The Morgan fingerprint density at radius 1 is 1.10 bits per heavy atom. The number of hydrogen-bond acceptors (Lipinski definition) is 4. The minimum Gasteiger partial charge on any atom is -0.481 e. The largest absolute Gasteiger partial charge is 0.573 e. The maximum atomic E-state index is 12.5. The molecule has 2 atom stereocenters. The fourth-order valence-corrected chi connectivity index (χ4v) is 2.91. The molecular formula is C18H23F6NO4. The maximum Gasteiger partial charge on any atom is 0.573 e. The highest BCUT2D eigenvalue weighted by Crippen LogP contribution is 2.36. The Labute approximate surface area is 163 Å². The highest BCUT2D eigenvalue weighted by Gasteiger charge is 2.36. The lowest BCUT2D eigenvalue weighted by molar-refractivity contribution is -0.287. The summed E-state index contributed by atoms with van der Waals surface area (Å²) in [6.45, 7) is 1.89. The first-order chi connectivity index (χ1) is 13.3. The molecular weight excluding hydrogens is 408 g/mol. The van der Waals surface area contributed by atoms with Crippen LogP contribution in [0.3, 0.4) is 0 Å². The minimum atomic E-state index is -5.18. The summed E-state index contributed by atoms with van der Waals surface area (Å²) in [5.74, 6) is -3.77. The molecule has 0 amide bonds. The summed E-state index contributed by atoms with van der Waals surface area (Å²) in [6, 6.07) is 2.86. The molecule has 0 saturated carbocycles. The highest BCUT2D eigenvalue weighted by atomic mass is 19.4. The van der Waals surface area contributed by atoms with Crippen molar-refractivity contribution in [1.82, 2.24) is 0 Å². The zero-order valence-corrected chi connectivity index (χ0v) is 15.6. The van der Waals surface area contributed by atoms with Crippen LogP contribution in [0.4, 0.5) is 26.3 Å². The summed E-state index contributed by atoms with van der Waals surface area (Å²) >= 11 is 0. The summed E-state index contributed by atoms with van der Waals surface area (Å²) in [5.41, 5.74) is 5.78. The molecule has 0 saturated heterocycles. The quantitative estimate of drug-likeness (QED) is 0.488. The van der Waals surface area contributed by atoms with Crippen LogP contribution in [0.25, 0.3) is 0 Å². The van der Waals surface area contributed by atoms with Gasteiger partial charge in [0.15, 0.2) is 11.5 Å². The number of hydrogen-bond donors (Lipinski definition) is 2. The van der Waals surface area contributed by atoms with E-state index in [1.54, 1.807) is 0 Å². The van der Waals surface area contributed by atoms with E-state index in [0.717, 1.165) is 12.1 Å². The molecule has 3 N–H and O–H groups in total. The second-order valence-electron chi connectivity index (χ2n) is 6.55. The van der Waals surface area contributed by atoms with Crippen molar-refractivity contribution in [3.63, 3.8) is 0 Å². The van der Waals surface area contributed by atoms with Gasteiger partial charge in [-0.25, -0.2) is 0 Å². The fourth-order valence-electron chi connectivity index (χ4n) is 2.91. The van der Waals surface area contributed by atoms with Gasteiger partial charge in [0.25, 0.3) is 0 Å². The van der Waals surface area contributed by atoms with Gasteiger partial charge in [0.1, 0.15) is 0 Å². The van der Waals surface area contributed by atoms with Gasteiger partial charge < -0.3 is 20.3 Å². The number of carbonyl (C=O) groups is 1. The van der Waals surface area contributed by atoms with E-state index in [9.17, 15) is 31.1 Å². The molecule has 11 heteroatoms. The summed E-state index contributed by atoms with van der Waals surface area (Å²) in [7, 11) is 0. The van der Waals surface area contributed by atoms with Crippen LogP contribution < -0.4 is 15.2 Å². The maximum absolute atomic E-state index is 12.5. The average Bonchev–Trinajstić information content (AvgIpc) is 2.57. The van der Waals surface area contributed by atoms with E-state index in [1.807, 2.05) is 6.92 Å². The first-order valence-electron chi connectivity index (χ1n) is 8.91. The molecule has 0 spiro atoms. The number of nitrogens with two attached hydrogens (primary N) is 1. The topological polar surface area (TPSA) is 81.8 Å². The van der Waals surface area contributed by atoms with E-state index in [0.29, 0.717) is 31.2 Å². The van der Waals surface area contributed by atoms with Gasteiger partial charge in [0.2, 0.25) is 0 Å². The van der Waals surface area contributed by atoms with Crippen LogP contribution in [0, 0.1) is 11.8 Å². The van der Waals surface area contributed by atoms with Crippen LogP contribution in [0.15, 0.2) is 18.2 Å². The van der Waals surface area contributed by atoms with Gasteiger partial charge in [0, 0.05) is 6.54 Å².